The van der Waals surface area contributed by atoms with Gasteiger partial charge in [0.1, 0.15) is 0 Å². The third-order valence-electron chi connectivity index (χ3n) is 4.38. The summed E-state index contributed by atoms with van der Waals surface area (Å²) in [7, 11) is 0. The molecule has 0 spiro atoms. The summed E-state index contributed by atoms with van der Waals surface area (Å²) in [6.07, 6.45) is 1.87. The molecule has 1 aromatic heterocycles. The van der Waals surface area contributed by atoms with Crippen molar-refractivity contribution in [2.45, 2.75) is 38.5 Å². The second kappa shape index (κ2) is 8.10. The van der Waals surface area contributed by atoms with E-state index in [2.05, 4.69) is 36.3 Å². The maximum Gasteiger partial charge on any atom is 0.238 e. The van der Waals surface area contributed by atoms with Gasteiger partial charge < -0.3 is 9.73 Å². The van der Waals surface area contributed by atoms with Gasteiger partial charge in [0, 0.05) is 22.0 Å². The Labute approximate surface area is 156 Å². The van der Waals surface area contributed by atoms with Gasteiger partial charge in [-0.15, -0.1) is 10.2 Å². The summed E-state index contributed by atoms with van der Waals surface area (Å²) in [5, 5.41) is 11.2. The molecule has 2 aromatic rings. The van der Waals surface area contributed by atoms with Crippen LogP contribution in [0.2, 0.25) is 0 Å². The van der Waals surface area contributed by atoms with Gasteiger partial charge in [-0.3, -0.25) is 9.69 Å². The van der Waals surface area contributed by atoms with Gasteiger partial charge in [-0.1, -0.05) is 29.8 Å². The highest BCUT2D eigenvalue weighted by molar-refractivity contribution is 9.10. The predicted octanol–water partition coefficient (Wildman–Crippen LogP) is 3.77. The summed E-state index contributed by atoms with van der Waals surface area (Å²) in [6.45, 7) is 6.22. The molecule has 2 heterocycles. The molecule has 1 fully saturated rings. The number of amides is 1. The minimum atomic E-state index is 0.0145. The van der Waals surface area contributed by atoms with Crippen LogP contribution in [0.15, 0.2) is 33.2 Å². The molecule has 3 rings (SSSR count). The number of piperidine rings is 1. The normalized spacial score (nSPS) is 16.3. The number of likely N-dealkylation sites (tertiary alicyclic amines) is 1. The average Bonchev–Trinajstić information content (AvgIpc) is 3.08. The van der Waals surface area contributed by atoms with E-state index in [1.165, 1.54) is 0 Å². The van der Waals surface area contributed by atoms with Crippen LogP contribution in [0.3, 0.4) is 0 Å². The number of nitrogens with one attached hydrogen (secondary N) is 1. The van der Waals surface area contributed by atoms with Gasteiger partial charge in [-0.25, -0.2) is 0 Å². The summed E-state index contributed by atoms with van der Waals surface area (Å²) >= 11 is 3.39. The Balaban J connectivity index is 1.47. The van der Waals surface area contributed by atoms with E-state index in [-0.39, 0.29) is 11.8 Å². The Bertz CT molecular complexity index is 706. The minimum absolute atomic E-state index is 0.0145. The molecule has 25 heavy (non-hydrogen) atoms. The van der Waals surface area contributed by atoms with Crippen LogP contribution in [0.1, 0.15) is 50.3 Å². The van der Waals surface area contributed by atoms with Crippen molar-refractivity contribution in [3.8, 4) is 0 Å². The van der Waals surface area contributed by atoms with Crippen LogP contribution in [0.5, 0.6) is 0 Å². The number of aromatic nitrogens is 2. The van der Waals surface area contributed by atoms with Gasteiger partial charge in [0.25, 0.3) is 0 Å². The minimum Gasteiger partial charge on any atom is -0.425 e. The lowest BCUT2D eigenvalue weighted by Gasteiger charge is -2.29. The zero-order valence-corrected chi connectivity index (χ0v) is 16.1. The molecule has 0 bridgehead atoms. The van der Waals surface area contributed by atoms with Gasteiger partial charge in [0.05, 0.1) is 6.54 Å². The van der Waals surface area contributed by atoms with Crippen molar-refractivity contribution in [2.24, 2.45) is 0 Å². The summed E-state index contributed by atoms with van der Waals surface area (Å²) in [5.74, 6) is 2.00. The molecule has 0 aliphatic carbocycles. The largest absolute Gasteiger partial charge is 0.425 e. The lowest BCUT2D eigenvalue weighted by molar-refractivity contribution is -0.117. The zero-order valence-electron chi connectivity index (χ0n) is 14.5. The van der Waals surface area contributed by atoms with Crippen molar-refractivity contribution < 1.29 is 9.21 Å². The number of carbonyl (C=O) groups excluding carboxylic acids is 1. The number of hydrogen-bond donors (Lipinski definition) is 1. The molecular weight excluding hydrogens is 384 g/mol. The van der Waals surface area contributed by atoms with Crippen LogP contribution >= 0.6 is 15.9 Å². The number of hydrogen-bond acceptors (Lipinski definition) is 5. The molecule has 7 heteroatoms. The Morgan fingerprint density at radius 2 is 1.96 bits per heavy atom. The van der Waals surface area contributed by atoms with Crippen molar-refractivity contribution >= 4 is 27.5 Å². The van der Waals surface area contributed by atoms with E-state index >= 15 is 0 Å². The summed E-state index contributed by atoms with van der Waals surface area (Å²) < 4.78 is 6.76. The van der Waals surface area contributed by atoms with E-state index < -0.39 is 0 Å². The summed E-state index contributed by atoms with van der Waals surface area (Å²) in [4.78, 5) is 14.4. The maximum absolute atomic E-state index is 12.2. The molecule has 6 nitrogen and oxygen atoms in total. The van der Waals surface area contributed by atoms with Crippen LogP contribution in [0, 0.1) is 0 Å². The number of carbonyl (C=O) groups is 1. The predicted molar refractivity (Wildman–Crippen MR) is 99.6 cm³/mol. The Kier molecular flexibility index (Phi) is 5.86. The quantitative estimate of drug-likeness (QED) is 0.817. The van der Waals surface area contributed by atoms with Crippen LogP contribution in [-0.2, 0) is 4.79 Å². The number of anilines is 1. The number of rotatable bonds is 5. The molecule has 0 saturated carbocycles. The Morgan fingerprint density at radius 1 is 1.28 bits per heavy atom. The third kappa shape index (κ3) is 4.89. The first kappa shape index (κ1) is 18.1. The fourth-order valence-corrected chi connectivity index (χ4v) is 3.18. The fraction of sp³-hybridized carbons (Fsp3) is 0.500. The van der Waals surface area contributed by atoms with Gasteiger partial charge >= 0.3 is 0 Å². The Morgan fingerprint density at radius 3 is 2.56 bits per heavy atom. The number of benzene rings is 1. The smallest absolute Gasteiger partial charge is 0.238 e. The van der Waals surface area contributed by atoms with Crippen molar-refractivity contribution in [1.29, 1.82) is 0 Å². The molecular formula is C18H23BrN4O2. The molecule has 1 N–H and O–H groups in total. The lowest BCUT2D eigenvalue weighted by Crippen LogP contribution is -2.38. The van der Waals surface area contributed by atoms with E-state index in [4.69, 9.17) is 4.42 Å². The third-order valence-corrected chi connectivity index (χ3v) is 4.91. The highest BCUT2D eigenvalue weighted by Gasteiger charge is 2.26. The fourth-order valence-electron chi connectivity index (χ4n) is 2.92. The number of nitrogens with zero attached hydrogens (tertiary/aromatic N) is 3. The number of halogens is 1. The monoisotopic (exact) mass is 406 g/mol. The van der Waals surface area contributed by atoms with Crippen LogP contribution in [0.4, 0.5) is 5.69 Å². The second-order valence-corrected chi connectivity index (χ2v) is 7.65. The highest BCUT2D eigenvalue weighted by atomic mass is 79.9. The molecule has 1 amide bonds. The standard InChI is InChI=1S/C18H23BrN4O2/c1-12(2)17-21-22-18(25-17)13-7-9-23(10-8-13)11-16(24)20-15-5-3-14(19)4-6-15/h3-6,12-13H,7-11H2,1-2H3,(H,20,24). The van der Waals surface area contributed by atoms with Crippen molar-refractivity contribution in [2.75, 3.05) is 25.0 Å². The van der Waals surface area contributed by atoms with Crippen LogP contribution in [-0.4, -0.2) is 40.6 Å². The topological polar surface area (TPSA) is 71.3 Å². The van der Waals surface area contributed by atoms with Gasteiger partial charge in [-0.2, -0.15) is 0 Å². The summed E-state index contributed by atoms with van der Waals surface area (Å²) in [5.41, 5.74) is 0.815. The van der Waals surface area contributed by atoms with E-state index in [1.807, 2.05) is 38.1 Å². The van der Waals surface area contributed by atoms with E-state index in [1.54, 1.807) is 0 Å². The molecule has 0 unspecified atom stereocenters. The lowest BCUT2D eigenvalue weighted by atomic mass is 9.97. The molecule has 1 aromatic carbocycles. The van der Waals surface area contributed by atoms with Crippen LogP contribution in [0.25, 0.3) is 0 Å². The van der Waals surface area contributed by atoms with E-state index in [0.717, 1.165) is 42.0 Å². The zero-order chi connectivity index (χ0) is 17.8. The van der Waals surface area contributed by atoms with Gasteiger partial charge in [0.2, 0.25) is 17.7 Å². The molecule has 134 valence electrons. The van der Waals surface area contributed by atoms with E-state index in [0.29, 0.717) is 18.4 Å². The Hall–Kier alpha value is -1.73. The average molecular weight is 407 g/mol. The SMILES string of the molecule is CC(C)c1nnc(C2CCN(CC(=O)Nc3ccc(Br)cc3)CC2)o1. The van der Waals surface area contributed by atoms with Crippen molar-refractivity contribution in [1.82, 2.24) is 15.1 Å². The molecule has 1 saturated heterocycles. The van der Waals surface area contributed by atoms with Crippen molar-refractivity contribution in [3.05, 3.63) is 40.5 Å². The van der Waals surface area contributed by atoms with Gasteiger partial charge in [-0.05, 0) is 50.2 Å². The van der Waals surface area contributed by atoms with Gasteiger partial charge in [0.15, 0.2) is 0 Å². The van der Waals surface area contributed by atoms with Crippen LogP contribution < -0.4 is 5.32 Å². The second-order valence-electron chi connectivity index (χ2n) is 6.74. The maximum atomic E-state index is 12.2. The van der Waals surface area contributed by atoms with E-state index in [9.17, 15) is 4.79 Å². The first-order chi connectivity index (χ1) is 12.0. The molecule has 0 radical (unpaired) electrons. The van der Waals surface area contributed by atoms with Crippen molar-refractivity contribution in [3.63, 3.8) is 0 Å². The first-order valence-electron chi connectivity index (χ1n) is 8.62. The molecule has 0 atom stereocenters. The molecule has 1 aliphatic rings. The highest BCUT2D eigenvalue weighted by Crippen LogP contribution is 2.28. The first-order valence-corrected chi connectivity index (χ1v) is 9.41. The molecule has 1 aliphatic heterocycles. The summed E-state index contributed by atoms with van der Waals surface area (Å²) in [6, 6.07) is 7.60.